The molecule has 0 bridgehead atoms. The Morgan fingerprint density at radius 2 is 1.46 bits per heavy atom. The summed E-state index contributed by atoms with van der Waals surface area (Å²) in [5.74, 6) is 0.497. The Morgan fingerprint density at radius 3 is 2.14 bits per heavy atom. The lowest BCUT2D eigenvalue weighted by molar-refractivity contribution is 0.0517. The predicted octanol–water partition coefficient (Wildman–Crippen LogP) is 3.35. The van der Waals surface area contributed by atoms with Crippen LogP contribution in [-0.2, 0) is 15.9 Å². The fourth-order valence-electron chi connectivity index (χ4n) is 4.10. The van der Waals surface area contributed by atoms with E-state index in [4.69, 9.17) is 9.47 Å². The third-order valence-electron chi connectivity index (χ3n) is 5.68. The molecule has 0 saturated carbocycles. The summed E-state index contributed by atoms with van der Waals surface area (Å²) >= 11 is 0. The Morgan fingerprint density at radius 1 is 0.786 bits per heavy atom. The van der Waals surface area contributed by atoms with E-state index >= 15 is 0 Å². The van der Waals surface area contributed by atoms with E-state index in [0.717, 1.165) is 71.9 Å². The van der Waals surface area contributed by atoms with Crippen LogP contribution in [0.25, 0.3) is 5.70 Å². The highest BCUT2D eigenvalue weighted by Crippen LogP contribution is 2.30. The van der Waals surface area contributed by atoms with Gasteiger partial charge in [0, 0.05) is 49.6 Å². The first-order chi connectivity index (χ1) is 13.8. The molecule has 150 valence electrons. The van der Waals surface area contributed by atoms with Crippen LogP contribution in [0.2, 0.25) is 0 Å². The van der Waals surface area contributed by atoms with Gasteiger partial charge in [-0.05, 0) is 30.6 Å². The van der Waals surface area contributed by atoms with Crippen LogP contribution in [0.4, 0.5) is 0 Å². The number of benzene rings is 1. The van der Waals surface area contributed by atoms with Gasteiger partial charge in [0.2, 0.25) is 0 Å². The molecule has 0 atom stereocenters. The number of allylic oxidation sites excluding steroid dienone is 5. The Kier molecular flexibility index (Phi) is 6.34. The summed E-state index contributed by atoms with van der Waals surface area (Å²) in [7, 11) is 0. The van der Waals surface area contributed by atoms with Gasteiger partial charge in [0.25, 0.3) is 0 Å². The van der Waals surface area contributed by atoms with Gasteiger partial charge in [0.15, 0.2) is 0 Å². The smallest absolute Gasteiger partial charge is 0.0927 e. The minimum absolute atomic E-state index is 0.497. The number of fused-ring (bicyclic) bond motifs is 1. The summed E-state index contributed by atoms with van der Waals surface area (Å²) in [6.45, 7) is 7.40. The number of hydrogen-bond donors (Lipinski definition) is 1. The molecular weight excluding hydrogens is 352 g/mol. The lowest BCUT2D eigenvalue weighted by Gasteiger charge is -2.31. The lowest BCUT2D eigenvalue weighted by Crippen LogP contribution is -2.35. The van der Waals surface area contributed by atoms with Crippen molar-refractivity contribution in [3.05, 3.63) is 65.1 Å². The van der Waals surface area contributed by atoms with E-state index in [1.807, 2.05) is 6.08 Å². The van der Waals surface area contributed by atoms with Crippen LogP contribution in [0.15, 0.2) is 53.9 Å². The number of aliphatic hydroxyl groups excluding tert-OH is 1. The lowest BCUT2D eigenvalue weighted by atomic mass is 10.1. The molecule has 2 aliphatic heterocycles. The summed E-state index contributed by atoms with van der Waals surface area (Å²) < 4.78 is 10.7. The van der Waals surface area contributed by atoms with Crippen LogP contribution in [0, 0.1) is 0 Å². The second-order valence-electron chi connectivity index (χ2n) is 7.47. The molecule has 5 nitrogen and oxygen atoms in total. The second-order valence-corrected chi connectivity index (χ2v) is 7.47. The fourth-order valence-corrected chi connectivity index (χ4v) is 4.10. The predicted molar refractivity (Wildman–Crippen MR) is 111 cm³/mol. The molecule has 2 saturated heterocycles. The van der Waals surface area contributed by atoms with Crippen molar-refractivity contribution in [3.8, 4) is 0 Å². The van der Waals surface area contributed by atoms with Crippen LogP contribution in [0.5, 0.6) is 0 Å². The van der Waals surface area contributed by atoms with Crippen molar-refractivity contribution in [1.29, 1.82) is 0 Å². The molecule has 1 aromatic carbocycles. The van der Waals surface area contributed by atoms with Gasteiger partial charge in [-0.15, -0.1) is 0 Å². The standard InChI is InChI=1S/C13H15NO.C10H15NO2/c1-2-4-12-11(3-1)5-6-13(12)14-7-9-15-10-8-14;12-10-3-1-9(2-4-10)11-5-7-13-8-6-11/h1-4,6H,5,7-10H2;1,3,12H,2,4-8H2. The number of hydrogen-bond acceptors (Lipinski definition) is 5. The van der Waals surface area contributed by atoms with Crippen LogP contribution in [-0.4, -0.2) is 67.5 Å². The highest BCUT2D eigenvalue weighted by Gasteiger charge is 2.20. The zero-order valence-electron chi connectivity index (χ0n) is 16.5. The van der Waals surface area contributed by atoms with Crippen LogP contribution in [0.3, 0.4) is 0 Å². The molecular formula is C23H30N2O3. The molecule has 4 aliphatic rings. The number of rotatable bonds is 2. The molecule has 28 heavy (non-hydrogen) atoms. The minimum atomic E-state index is 0.497. The van der Waals surface area contributed by atoms with Crippen molar-refractivity contribution in [2.45, 2.75) is 19.3 Å². The maximum Gasteiger partial charge on any atom is 0.0927 e. The quantitative estimate of drug-likeness (QED) is 0.850. The Balaban J connectivity index is 0.000000139. The highest BCUT2D eigenvalue weighted by atomic mass is 16.5. The van der Waals surface area contributed by atoms with Gasteiger partial charge in [-0.3, -0.25) is 0 Å². The second kappa shape index (κ2) is 9.30. The minimum Gasteiger partial charge on any atom is -0.512 e. The van der Waals surface area contributed by atoms with E-state index in [2.05, 4.69) is 40.1 Å². The molecule has 1 N–H and O–H groups in total. The van der Waals surface area contributed by atoms with E-state index in [1.54, 1.807) is 6.08 Å². The van der Waals surface area contributed by atoms with E-state index in [0.29, 0.717) is 5.76 Å². The molecule has 0 unspecified atom stereocenters. The van der Waals surface area contributed by atoms with Gasteiger partial charge in [-0.1, -0.05) is 30.3 Å². The first-order valence-electron chi connectivity index (χ1n) is 10.3. The third-order valence-corrected chi connectivity index (χ3v) is 5.68. The third kappa shape index (κ3) is 4.59. The number of aliphatic hydroxyl groups is 1. The Labute approximate surface area is 167 Å². The van der Waals surface area contributed by atoms with Crippen molar-refractivity contribution in [2.75, 3.05) is 52.6 Å². The molecule has 2 heterocycles. The number of ether oxygens (including phenoxy) is 2. The van der Waals surface area contributed by atoms with E-state index in [-0.39, 0.29) is 0 Å². The van der Waals surface area contributed by atoms with Crippen molar-refractivity contribution in [1.82, 2.24) is 9.80 Å². The normalized spacial score (nSPS) is 21.8. The van der Waals surface area contributed by atoms with E-state index in [9.17, 15) is 5.11 Å². The van der Waals surface area contributed by atoms with Crippen LogP contribution >= 0.6 is 0 Å². The first kappa shape index (κ1) is 19.1. The topological polar surface area (TPSA) is 45.2 Å². The van der Waals surface area contributed by atoms with Gasteiger partial charge in [-0.25, -0.2) is 0 Å². The van der Waals surface area contributed by atoms with Crippen LogP contribution in [0.1, 0.15) is 24.0 Å². The van der Waals surface area contributed by atoms with Gasteiger partial charge in [0.05, 0.1) is 32.2 Å². The van der Waals surface area contributed by atoms with E-state index < -0.39 is 0 Å². The van der Waals surface area contributed by atoms with Gasteiger partial charge in [0.1, 0.15) is 0 Å². The molecule has 0 aromatic heterocycles. The number of morpholine rings is 2. The zero-order valence-corrected chi connectivity index (χ0v) is 16.5. The van der Waals surface area contributed by atoms with Crippen molar-refractivity contribution >= 4 is 5.70 Å². The molecule has 5 rings (SSSR count). The van der Waals surface area contributed by atoms with E-state index in [1.165, 1.54) is 22.5 Å². The average Bonchev–Trinajstić information content (AvgIpc) is 3.20. The van der Waals surface area contributed by atoms with Crippen LogP contribution < -0.4 is 0 Å². The van der Waals surface area contributed by atoms with Gasteiger partial charge in [-0.2, -0.15) is 0 Å². The maximum absolute atomic E-state index is 9.20. The molecule has 5 heteroatoms. The molecule has 2 fully saturated rings. The van der Waals surface area contributed by atoms with Gasteiger partial charge >= 0.3 is 0 Å². The van der Waals surface area contributed by atoms with Crippen molar-refractivity contribution in [3.63, 3.8) is 0 Å². The zero-order chi connectivity index (χ0) is 19.2. The number of nitrogens with zero attached hydrogens (tertiary/aromatic N) is 2. The van der Waals surface area contributed by atoms with Crippen molar-refractivity contribution in [2.24, 2.45) is 0 Å². The monoisotopic (exact) mass is 382 g/mol. The summed E-state index contributed by atoms with van der Waals surface area (Å²) in [5.41, 5.74) is 5.62. The van der Waals surface area contributed by atoms with Crippen molar-refractivity contribution < 1.29 is 14.6 Å². The van der Waals surface area contributed by atoms with Gasteiger partial charge < -0.3 is 24.4 Å². The molecule has 0 radical (unpaired) electrons. The summed E-state index contributed by atoms with van der Waals surface area (Å²) in [6.07, 6.45) is 8.99. The summed E-state index contributed by atoms with van der Waals surface area (Å²) in [5, 5.41) is 9.20. The largest absolute Gasteiger partial charge is 0.512 e. The molecule has 1 aromatic rings. The Bertz CT molecular complexity index is 757. The highest BCUT2D eigenvalue weighted by molar-refractivity contribution is 5.71. The molecule has 0 amide bonds. The SMILES string of the molecule is C1=C(N2CCOCC2)c2ccccc2C1.OC1=CC=C(N2CCOCC2)CC1. The summed E-state index contributed by atoms with van der Waals surface area (Å²) in [4.78, 5) is 4.78. The Hall–Kier alpha value is -2.24. The first-order valence-corrected chi connectivity index (χ1v) is 10.3. The fraction of sp³-hybridized carbons (Fsp3) is 0.478. The summed E-state index contributed by atoms with van der Waals surface area (Å²) in [6, 6.07) is 8.69. The molecule has 0 spiro atoms. The molecule has 2 aliphatic carbocycles. The maximum atomic E-state index is 9.20. The average molecular weight is 383 g/mol.